The summed E-state index contributed by atoms with van der Waals surface area (Å²) in [7, 11) is 1.37. The molecule has 1 aliphatic rings. The van der Waals surface area contributed by atoms with Crippen LogP contribution in [0.15, 0.2) is 79.0 Å². The van der Waals surface area contributed by atoms with E-state index in [2.05, 4.69) is 20.9 Å². The van der Waals surface area contributed by atoms with E-state index in [0.717, 1.165) is 5.56 Å². The first-order chi connectivity index (χ1) is 17.4. The van der Waals surface area contributed by atoms with Crippen LogP contribution in [0.2, 0.25) is 0 Å². The molecule has 0 saturated carbocycles. The molecule has 5 rings (SSSR count). The SMILES string of the molecule is COc1cc(-c2ccc3c(c2)Nc2ccc(NC(=O)c4ccccn4)cc2NC3=O)ccc1[N+](=O)[O-]. The van der Waals surface area contributed by atoms with Gasteiger partial charge < -0.3 is 20.7 Å². The number of hydrogen-bond donors (Lipinski definition) is 3. The number of benzene rings is 3. The van der Waals surface area contributed by atoms with Gasteiger partial charge in [-0.15, -0.1) is 0 Å². The summed E-state index contributed by atoms with van der Waals surface area (Å²) >= 11 is 0. The van der Waals surface area contributed by atoms with Crippen molar-refractivity contribution in [1.82, 2.24) is 4.98 Å². The fourth-order valence-corrected chi connectivity index (χ4v) is 3.89. The number of anilines is 4. The van der Waals surface area contributed by atoms with Crippen molar-refractivity contribution in [2.24, 2.45) is 0 Å². The molecule has 0 spiro atoms. The van der Waals surface area contributed by atoms with Crippen LogP contribution < -0.4 is 20.7 Å². The minimum absolute atomic E-state index is 0.131. The van der Waals surface area contributed by atoms with E-state index in [1.165, 1.54) is 19.4 Å². The summed E-state index contributed by atoms with van der Waals surface area (Å²) in [5, 5.41) is 20.1. The van der Waals surface area contributed by atoms with Crippen molar-refractivity contribution in [2.75, 3.05) is 23.1 Å². The molecule has 0 bridgehead atoms. The van der Waals surface area contributed by atoms with Crippen molar-refractivity contribution in [2.45, 2.75) is 0 Å². The lowest BCUT2D eigenvalue weighted by atomic mass is 10.0. The molecule has 178 valence electrons. The number of methoxy groups -OCH3 is 1. The highest BCUT2D eigenvalue weighted by Gasteiger charge is 2.21. The number of carbonyl (C=O) groups excluding carboxylic acids is 2. The second-order valence-electron chi connectivity index (χ2n) is 7.91. The second-order valence-corrected chi connectivity index (χ2v) is 7.91. The van der Waals surface area contributed by atoms with Crippen LogP contribution in [-0.4, -0.2) is 28.8 Å². The van der Waals surface area contributed by atoms with Crippen LogP contribution in [0, 0.1) is 10.1 Å². The van der Waals surface area contributed by atoms with Gasteiger partial charge in [-0.05, 0) is 65.7 Å². The van der Waals surface area contributed by atoms with E-state index < -0.39 is 4.92 Å². The third kappa shape index (κ3) is 4.30. The van der Waals surface area contributed by atoms with Crippen molar-refractivity contribution in [1.29, 1.82) is 0 Å². The molecule has 0 atom stereocenters. The second kappa shape index (κ2) is 9.18. The normalized spacial score (nSPS) is 11.8. The van der Waals surface area contributed by atoms with E-state index in [1.54, 1.807) is 66.7 Å². The number of hydrogen-bond acceptors (Lipinski definition) is 7. The molecule has 4 aromatic rings. The standard InChI is InChI=1S/C26H19N5O5/c1-36-24-13-16(6-10-23(24)31(34)35)15-5-8-18-21(12-15)29-19-9-7-17(14-22(19)30-25(18)32)28-26(33)20-4-2-3-11-27-20/h2-14,29H,1H3,(H,28,33)(H,30,32). The zero-order chi connectivity index (χ0) is 25.2. The quantitative estimate of drug-likeness (QED) is 0.262. The van der Waals surface area contributed by atoms with E-state index in [9.17, 15) is 19.7 Å². The van der Waals surface area contributed by atoms with Gasteiger partial charge in [-0.2, -0.15) is 0 Å². The molecule has 2 heterocycles. The smallest absolute Gasteiger partial charge is 0.310 e. The first-order valence-corrected chi connectivity index (χ1v) is 10.8. The Labute approximate surface area is 205 Å². The predicted molar refractivity (Wildman–Crippen MR) is 135 cm³/mol. The summed E-state index contributed by atoms with van der Waals surface area (Å²) in [6.07, 6.45) is 1.54. The number of nitrogens with zero attached hydrogens (tertiary/aromatic N) is 2. The molecule has 3 aromatic carbocycles. The lowest BCUT2D eigenvalue weighted by Crippen LogP contribution is -2.14. The van der Waals surface area contributed by atoms with Gasteiger partial charge in [0.25, 0.3) is 11.8 Å². The molecule has 0 fully saturated rings. The predicted octanol–water partition coefficient (Wildman–Crippen LogP) is 5.23. The first kappa shape index (κ1) is 22.5. The molecule has 10 heteroatoms. The molecule has 36 heavy (non-hydrogen) atoms. The number of pyridine rings is 1. The largest absolute Gasteiger partial charge is 0.490 e. The van der Waals surface area contributed by atoms with Crippen molar-refractivity contribution < 1.29 is 19.2 Å². The molecule has 3 N–H and O–H groups in total. The number of rotatable bonds is 5. The maximum atomic E-state index is 12.9. The van der Waals surface area contributed by atoms with Gasteiger partial charge in [0.1, 0.15) is 5.69 Å². The number of nitro benzene ring substituents is 1. The summed E-state index contributed by atoms with van der Waals surface area (Å²) in [5.74, 6) is -0.545. The Bertz CT molecular complexity index is 1520. The van der Waals surface area contributed by atoms with Crippen LogP contribution >= 0.6 is 0 Å². The molecule has 2 amide bonds. The van der Waals surface area contributed by atoms with Crippen molar-refractivity contribution >= 4 is 40.3 Å². The van der Waals surface area contributed by atoms with E-state index >= 15 is 0 Å². The number of carbonyl (C=O) groups is 2. The van der Waals surface area contributed by atoms with Crippen molar-refractivity contribution in [3.63, 3.8) is 0 Å². The van der Waals surface area contributed by atoms with E-state index in [1.807, 2.05) is 0 Å². The van der Waals surface area contributed by atoms with E-state index in [0.29, 0.717) is 33.9 Å². The van der Waals surface area contributed by atoms with Crippen LogP contribution in [0.5, 0.6) is 5.75 Å². The fraction of sp³-hybridized carbons (Fsp3) is 0.0385. The Hall–Kier alpha value is -5.25. The first-order valence-electron chi connectivity index (χ1n) is 10.8. The summed E-state index contributed by atoms with van der Waals surface area (Å²) < 4.78 is 5.18. The molecule has 0 saturated heterocycles. The van der Waals surface area contributed by atoms with Gasteiger partial charge in [0.2, 0.25) is 0 Å². The summed E-state index contributed by atoms with van der Waals surface area (Å²) in [4.78, 5) is 40.1. The zero-order valence-electron chi connectivity index (χ0n) is 18.9. The van der Waals surface area contributed by atoms with Gasteiger partial charge in [0.15, 0.2) is 5.75 Å². The summed E-state index contributed by atoms with van der Waals surface area (Å²) in [6.45, 7) is 0. The van der Waals surface area contributed by atoms with Crippen molar-refractivity contribution in [3.05, 3.63) is 100 Å². The van der Waals surface area contributed by atoms with Gasteiger partial charge in [0.05, 0.1) is 34.7 Å². The number of aromatic nitrogens is 1. The molecule has 0 aliphatic carbocycles. The van der Waals surface area contributed by atoms with Crippen LogP contribution in [0.3, 0.4) is 0 Å². The van der Waals surface area contributed by atoms with Gasteiger partial charge in [-0.3, -0.25) is 24.7 Å². The topological polar surface area (TPSA) is 135 Å². The highest BCUT2D eigenvalue weighted by molar-refractivity contribution is 6.13. The molecule has 1 aliphatic heterocycles. The Morgan fingerprint density at radius 3 is 2.50 bits per heavy atom. The van der Waals surface area contributed by atoms with E-state index in [-0.39, 0.29) is 28.9 Å². The van der Waals surface area contributed by atoms with Crippen LogP contribution in [0.1, 0.15) is 20.8 Å². The third-order valence-electron chi connectivity index (χ3n) is 5.67. The van der Waals surface area contributed by atoms with Crippen LogP contribution in [-0.2, 0) is 0 Å². The zero-order valence-corrected chi connectivity index (χ0v) is 18.9. The lowest BCUT2D eigenvalue weighted by Gasteiger charge is -2.12. The highest BCUT2D eigenvalue weighted by Crippen LogP contribution is 2.38. The van der Waals surface area contributed by atoms with Gasteiger partial charge >= 0.3 is 5.69 Å². The molecule has 1 aromatic heterocycles. The Morgan fingerprint density at radius 1 is 0.944 bits per heavy atom. The van der Waals surface area contributed by atoms with Crippen LogP contribution in [0.25, 0.3) is 11.1 Å². The van der Waals surface area contributed by atoms with E-state index in [4.69, 9.17) is 4.74 Å². The van der Waals surface area contributed by atoms with Gasteiger partial charge in [-0.25, -0.2) is 0 Å². The van der Waals surface area contributed by atoms with Gasteiger partial charge in [0, 0.05) is 18.0 Å². The number of fused-ring (bicyclic) bond motifs is 2. The lowest BCUT2D eigenvalue weighted by molar-refractivity contribution is -0.385. The highest BCUT2D eigenvalue weighted by atomic mass is 16.6. The summed E-state index contributed by atoms with van der Waals surface area (Å²) in [5.41, 5.74) is 4.19. The average molecular weight is 481 g/mol. The number of nitro groups is 1. The summed E-state index contributed by atoms with van der Waals surface area (Å²) in [6, 6.07) is 20.0. The number of amides is 2. The Morgan fingerprint density at radius 2 is 1.75 bits per heavy atom. The molecular weight excluding hydrogens is 462 g/mol. The number of ether oxygens (including phenoxy) is 1. The third-order valence-corrected chi connectivity index (χ3v) is 5.67. The Kier molecular flexibility index (Phi) is 5.75. The van der Waals surface area contributed by atoms with Crippen molar-refractivity contribution in [3.8, 4) is 16.9 Å². The fourth-order valence-electron chi connectivity index (χ4n) is 3.89. The monoisotopic (exact) mass is 481 g/mol. The molecular formula is C26H19N5O5. The van der Waals surface area contributed by atoms with Crippen LogP contribution in [0.4, 0.5) is 28.4 Å². The van der Waals surface area contributed by atoms with Gasteiger partial charge in [-0.1, -0.05) is 12.1 Å². The number of nitrogens with one attached hydrogen (secondary N) is 3. The minimum Gasteiger partial charge on any atom is -0.490 e. The minimum atomic E-state index is -0.504. The molecule has 0 unspecified atom stereocenters. The maximum absolute atomic E-state index is 12.9. The molecule has 0 radical (unpaired) electrons. The maximum Gasteiger partial charge on any atom is 0.310 e. The Balaban J connectivity index is 1.44. The average Bonchev–Trinajstić information content (AvgIpc) is 3.03. The molecule has 10 nitrogen and oxygen atoms in total.